The van der Waals surface area contributed by atoms with Gasteiger partial charge in [-0.15, -0.1) is 0 Å². The molecule has 1 N–H and O–H groups in total. The summed E-state index contributed by atoms with van der Waals surface area (Å²) >= 11 is 3.25. The molecule has 1 aromatic carbocycles. The molecule has 0 aromatic heterocycles. The zero-order valence-electron chi connectivity index (χ0n) is 9.93. The highest BCUT2D eigenvalue weighted by atomic mass is 79.9. The van der Waals surface area contributed by atoms with Crippen molar-refractivity contribution in [3.63, 3.8) is 0 Å². The molecule has 0 spiro atoms. The van der Waals surface area contributed by atoms with Crippen molar-refractivity contribution < 1.29 is 4.39 Å². The second-order valence-electron chi connectivity index (χ2n) is 4.16. The molecule has 0 saturated carbocycles. The Bertz CT molecular complexity index is 342. The highest BCUT2D eigenvalue weighted by Gasteiger charge is 2.06. The van der Waals surface area contributed by atoms with Gasteiger partial charge in [-0.1, -0.05) is 12.1 Å². The zero-order chi connectivity index (χ0) is 12.1. The molecular formula is C12H18BrFN2. The van der Waals surface area contributed by atoms with E-state index in [4.69, 9.17) is 0 Å². The van der Waals surface area contributed by atoms with Crippen molar-refractivity contribution in [2.24, 2.45) is 0 Å². The van der Waals surface area contributed by atoms with Gasteiger partial charge < -0.3 is 10.2 Å². The number of hydrogen-bond acceptors (Lipinski definition) is 2. The van der Waals surface area contributed by atoms with E-state index in [2.05, 4.69) is 33.1 Å². The van der Waals surface area contributed by atoms with Crippen LogP contribution in [0.15, 0.2) is 22.7 Å². The minimum Gasteiger partial charge on any atom is -0.311 e. The molecule has 1 rings (SSSR count). The van der Waals surface area contributed by atoms with Crippen LogP contribution < -0.4 is 5.32 Å². The summed E-state index contributed by atoms with van der Waals surface area (Å²) in [5, 5.41) is 3.31. The van der Waals surface area contributed by atoms with Gasteiger partial charge in [0.15, 0.2) is 0 Å². The monoisotopic (exact) mass is 288 g/mol. The largest absolute Gasteiger partial charge is 0.311 e. The van der Waals surface area contributed by atoms with Gasteiger partial charge in [-0.2, -0.15) is 0 Å². The SMILES string of the molecule is CC(CNCc1cccc(F)c1Br)N(C)C. The van der Waals surface area contributed by atoms with Crippen molar-refractivity contribution >= 4 is 15.9 Å². The summed E-state index contributed by atoms with van der Waals surface area (Å²) in [5.74, 6) is -0.208. The van der Waals surface area contributed by atoms with E-state index in [-0.39, 0.29) is 5.82 Å². The van der Waals surface area contributed by atoms with Gasteiger partial charge >= 0.3 is 0 Å². The summed E-state index contributed by atoms with van der Waals surface area (Å²) in [7, 11) is 4.09. The molecule has 0 radical (unpaired) electrons. The van der Waals surface area contributed by atoms with E-state index in [1.807, 2.05) is 20.2 Å². The molecule has 0 bridgehead atoms. The van der Waals surface area contributed by atoms with Crippen LogP contribution in [0.1, 0.15) is 12.5 Å². The standard InChI is InChI=1S/C12H18BrFN2/c1-9(16(2)3)7-15-8-10-5-4-6-11(14)12(10)13/h4-6,9,15H,7-8H2,1-3H3. The lowest BCUT2D eigenvalue weighted by molar-refractivity contribution is 0.302. The van der Waals surface area contributed by atoms with Gasteiger partial charge in [0.2, 0.25) is 0 Å². The first-order chi connectivity index (χ1) is 7.52. The molecule has 0 aliphatic rings. The highest BCUT2D eigenvalue weighted by Crippen LogP contribution is 2.19. The Kier molecular flexibility index (Phi) is 5.38. The van der Waals surface area contributed by atoms with Crippen LogP contribution in [-0.4, -0.2) is 31.6 Å². The van der Waals surface area contributed by atoms with Crippen LogP contribution in [0, 0.1) is 5.82 Å². The lowest BCUT2D eigenvalue weighted by Crippen LogP contribution is -2.35. The maximum Gasteiger partial charge on any atom is 0.137 e. The molecule has 1 unspecified atom stereocenters. The molecule has 16 heavy (non-hydrogen) atoms. The Morgan fingerprint density at radius 3 is 2.75 bits per heavy atom. The third-order valence-corrected chi connectivity index (χ3v) is 3.56. The van der Waals surface area contributed by atoms with E-state index >= 15 is 0 Å². The third-order valence-electron chi connectivity index (χ3n) is 2.67. The summed E-state index contributed by atoms with van der Waals surface area (Å²) < 4.78 is 13.8. The minimum absolute atomic E-state index is 0.208. The van der Waals surface area contributed by atoms with Gasteiger partial charge in [0, 0.05) is 19.1 Å². The van der Waals surface area contributed by atoms with Crippen LogP contribution >= 0.6 is 15.9 Å². The van der Waals surface area contributed by atoms with E-state index in [1.54, 1.807) is 6.07 Å². The molecule has 0 aliphatic heterocycles. The molecule has 4 heteroatoms. The Labute approximate surface area is 105 Å². The summed E-state index contributed by atoms with van der Waals surface area (Å²) in [6, 6.07) is 5.57. The number of nitrogens with one attached hydrogen (secondary N) is 1. The topological polar surface area (TPSA) is 15.3 Å². The fourth-order valence-corrected chi connectivity index (χ4v) is 1.69. The number of likely N-dealkylation sites (N-methyl/N-ethyl adjacent to an activating group) is 1. The van der Waals surface area contributed by atoms with Crippen molar-refractivity contribution in [1.29, 1.82) is 0 Å². The van der Waals surface area contributed by atoms with Gasteiger partial charge in [0.05, 0.1) is 4.47 Å². The number of hydrogen-bond donors (Lipinski definition) is 1. The van der Waals surface area contributed by atoms with E-state index in [0.29, 0.717) is 17.1 Å². The molecule has 2 nitrogen and oxygen atoms in total. The molecule has 90 valence electrons. The maximum absolute atomic E-state index is 13.2. The number of halogens is 2. The van der Waals surface area contributed by atoms with E-state index in [1.165, 1.54) is 6.07 Å². The van der Waals surface area contributed by atoms with Crippen LogP contribution in [0.4, 0.5) is 4.39 Å². The second kappa shape index (κ2) is 6.33. The lowest BCUT2D eigenvalue weighted by atomic mass is 10.2. The Morgan fingerprint density at radius 1 is 1.44 bits per heavy atom. The van der Waals surface area contributed by atoms with Crippen molar-refractivity contribution in [2.45, 2.75) is 19.5 Å². The Balaban J connectivity index is 2.46. The average Bonchev–Trinajstić information content (AvgIpc) is 2.24. The van der Waals surface area contributed by atoms with E-state index in [0.717, 1.165) is 12.1 Å². The maximum atomic E-state index is 13.2. The van der Waals surface area contributed by atoms with Crippen molar-refractivity contribution in [2.75, 3.05) is 20.6 Å². The zero-order valence-corrected chi connectivity index (χ0v) is 11.5. The van der Waals surface area contributed by atoms with Gasteiger partial charge in [-0.05, 0) is 48.6 Å². The molecule has 0 aliphatic carbocycles. The Morgan fingerprint density at radius 2 is 2.12 bits per heavy atom. The lowest BCUT2D eigenvalue weighted by Gasteiger charge is -2.20. The van der Waals surface area contributed by atoms with Crippen molar-refractivity contribution in [1.82, 2.24) is 10.2 Å². The minimum atomic E-state index is -0.208. The average molecular weight is 289 g/mol. The normalized spacial score (nSPS) is 13.1. The quantitative estimate of drug-likeness (QED) is 0.896. The number of rotatable bonds is 5. The predicted molar refractivity (Wildman–Crippen MR) is 69.0 cm³/mol. The van der Waals surface area contributed by atoms with Crippen LogP contribution in [-0.2, 0) is 6.54 Å². The van der Waals surface area contributed by atoms with Gasteiger partial charge in [-0.3, -0.25) is 0 Å². The van der Waals surface area contributed by atoms with E-state index < -0.39 is 0 Å². The van der Waals surface area contributed by atoms with Crippen LogP contribution in [0.3, 0.4) is 0 Å². The molecule has 0 amide bonds. The fourth-order valence-electron chi connectivity index (χ4n) is 1.28. The van der Waals surface area contributed by atoms with Crippen LogP contribution in [0.5, 0.6) is 0 Å². The highest BCUT2D eigenvalue weighted by molar-refractivity contribution is 9.10. The third kappa shape index (κ3) is 3.85. The van der Waals surface area contributed by atoms with Crippen molar-refractivity contribution in [3.8, 4) is 0 Å². The molecule has 0 saturated heterocycles. The van der Waals surface area contributed by atoms with Gasteiger partial charge in [0.1, 0.15) is 5.82 Å². The molecule has 0 heterocycles. The van der Waals surface area contributed by atoms with E-state index in [9.17, 15) is 4.39 Å². The summed E-state index contributed by atoms with van der Waals surface area (Å²) in [6.45, 7) is 3.71. The van der Waals surface area contributed by atoms with Gasteiger partial charge in [-0.25, -0.2) is 4.39 Å². The Hall–Kier alpha value is -0.450. The number of benzene rings is 1. The first kappa shape index (κ1) is 13.6. The number of nitrogens with zero attached hydrogens (tertiary/aromatic N) is 1. The fraction of sp³-hybridized carbons (Fsp3) is 0.500. The summed E-state index contributed by atoms with van der Waals surface area (Å²) in [6.07, 6.45) is 0. The van der Waals surface area contributed by atoms with Gasteiger partial charge in [0.25, 0.3) is 0 Å². The summed E-state index contributed by atoms with van der Waals surface area (Å²) in [4.78, 5) is 2.15. The molecule has 1 aromatic rings. The van der Waals surface area contributed by atoms with Crippen LogP contribution in [0.25, 0.3) is 0 Å². The molecular weight excluding hydrogens is 271 g/mol. The van der Waals surface area contributed by atoms with Crippen molar-refractivity contribution in [3.05, 3.63) is 34.1 Å². The molecule has 0 fully saturated rings. The smallest absolute Gasteiger partial charge is 0.137 e. The predicted octanol–water partition coefficient (Wildman–Crippen LogP) is 2.63. The first-order valence-electron chi connectivity index (χ1n) is 5.32. The summed E-state index contributed by atoms with van der Waals surface area (Å²) in [5.41, 5.74) is 0.950. The van der Waals surface area contributed by atoms with Crippen LogP contribution in [0.2, 0.25) is 0 Å². The molecule has 1 atom stereocenters. The first-order valence-corrected chi connectivity index (χ1v) is 6.11. The second-order valence-corrected chi connectivity index (χ2v) is 4.95.